The maximum absolute atomic E-state index is 13.2. The topological polar surface area (TPSA) is 120 Å². The molecular weight excluding hydrogens is 902 g/mol. The average molecular weight is 943 g/mol. The van der Waals surface area contributed by atoms with Crippen LogP contribution in [0, 0.1) is 13.8 Å². The van der Waals surface area contributed by atoms with Gasteiger partial charge in [0.25, 0.3) is 0 Å². The molecule has 1 atom stereocenters. The number of carboxylic acids is 1. The quantitative estimate of drug-likeness (QED) is 0.106. The smallest absolute Gasteiger partial charge is 0.408 e. The lowest BCUT2D eigenvalue weighted by Gasteiger charge is -2.32. The van der Waals surface area contributed by atoms with Gasteiger partial charge < -0.3 is 24.2 Å². The molecule has 1 fully saturated rings. The molecule has 3 aromatic carbocycles. The lowest BCUT2D eigenvalue weighted by atomic mass is 9.96. The van der Waals surface area contributed by atoms with Crippen molar-refractivity contribution >= 4 is 73.4 Å². The van der Waals surface area contributed by atoms with E-state index in [1.165, 1.54) is 12.3 Å². The van der Waals surface area contributed by atoms with Crippen molar-refractivity contribution in [2.45, 2.75) is 45.7 Å². The van der Waals surface area contributed by atoms with Crippen LogP contribution in [0.4, 0.5) is 13.2 Å². The lowest BCUT2D eigenvalue weighted by molar-refractivity contribution is -0.145. The van der Waals surface area contributed by atoms with Gasteiger partial charge in [0.05, 0.1) is 30.8 Å². The van der Waals surface area contributed by atoms with E-state index in [0.29, 0.717) is 65.4 Å². The molecule has 0 radical (unpaired) electrons. The number of alkyl halides is 3. The highest BCUT2D eigenvalue weighted by atomic mass is 35.5. The van der Waals surface area contributed by atoms with Crippen LogP contribution < -0.4 is 14.2 Å². The van der Waals surface area contributed by atoms with Crippen molar-refractivity contribution in [3.05, 3.63) is 111 Å². The van der Waals surface area contributed by atoms with Crippen molar-refractivity contribution in [3.8, 4) is 34.2 Å². The lowest BCUT2D eigenvalue weighted by Crippen LogP contribution is -2.45. The summed E-state index contributed by atoms with van der Waals surface area (Å²) in [6.07, 6.45) is -3.27. The van der Waals surface area contributed by atoms with E-state index in [9.17, 15) is 23.1 Å². The van der Waals surface area contributed by atoms with Gasteiger partial charge in [-0.15, -0.1) is 0 Å². The molecule has 1 aliphatic rings. The van der Waals surface area contributed by atoms with Crippen molar-refractivity contribution in [2.75, 3.05) is 46.4 Å². The number of ether oxygens (including phenoxy) is 3. The molecule has 4 aromatic heterocycles. The summed E-state index contributed by atoms with van der Waals surface area (Å²) in [4.78, 5) is 22.2. The minimum absolute atomic E-state index is 0.0819. The molecule has 0 amide bonds. The Morgan fingerprint density at radius 1 is 0.952 bits per heavy atom. The number of fused-ring (bicyclic) bond motifs is 2. The number of hydrogen-bond donors (Lipinski definition) is 1. The van der Waals surface area contributed by atoms with E-state index in [1.54, 1.807) is 36.5 Å². The maximum Gasteiger partial charge on any atom is 0.408 e. The number of hydrogen-bond acceptors (Lipinski definition) is 10. The summed E-state index contributed by atoms with van der Waals surface area (Å²) < 4.78 is 66.1. The summed E-state index contributed by atoms with van der Waals surface area (Å²) in [5.74, 6) is -0.368. The van der Waals surface area contributed by atoms with Gasteiger partial charge in [0.1, 0.15) is 36.9 Å². The number of aliphatic carboxylic acids is 1. The third-order valence-corrected chi connectivity index (χ3v) is 13.0. The molecule has 1 N–H and O–H groups in total. The first-order valence-electron chi connectivity index (χ1n) is 19.9. The Morgan fingerprint density at radius 2 is 1.73 bits per heavy atom. The van der Waals surface area contributed by atoms with Crippen LogP contribution >= 0.6 is 46.3 Å². The first-order chi connectivity index (χ1) is 30.1. The van der Waals surface area contributed by atoms with Crippen LogP contribution in [-0.2, 0) is 24.4 Å². The number of benzene rings is 3. The highest BCUT2D eigenvalue weighted by Crippen LogP contribution is 2.45. The van der Waals surface area contributed by atoms with Crippen LogP contribution in [0.5, 0.6) is 17.4 Å². The summed E-state index contributed by atoms with van der Waals surface area (Å²) >= 11 is 21.4. The normalized spacial score (nSPS) is 14.4. The molecule has 0 bridgehead atoms. The van der Waals surface area contributed by atoms with Crippen molar-refractivity contribution in [1.82, 2.24) is 33.5 Å². The number of carboxylic acid groups (broad SMARTS) is 1. The molecule has 1 saturated heterocycles. The molecule has 63 heavy (non-hydrogen) atoms. The van der Waals surface area contributed by atoms with Crippen LogP contribution in [0.15, 0.2) is 73.1 Å². The summed E-state index contributed by atoms with van der Waals surface area (Å²) in [6.45, 7) is 7.41. The SMILES string of the molecule is Cc1c(-c2cc(-n3c(C)c(Cl)c4cc(Cl)cnc43)cc3snc(O[C@H](Cc4ccccc4OCc4ccnn4CC(F)(F)F)C(=O)O)c23)ccc(OCCN2CCN(C)CC2)c1Cl. The number of likely N-dealkylation sites (N-methyl/N-ethyl adjacent to an activating group) is 1. The average Bonchev–Trinajstić information content (AvgIpc) is 3.93. The molecule has 8 rings (SSSR count). The number of para-hydroxylation sites is 1. The van der Waals surface area contributed by atoms with E-state index in [-0.39, 0.29) is 30.4 Å². The molecule has 0 aliphatic carbocycles. The number of nitrogens with zero attached hydrogens (tertiary/aromatic N) is 7. The fourth-order valence-electron chi connectivity index (χ4n) is 7.68. The van der Waals surface area contributed by atoms with E-state index in [1.807, 2.05) is 42.7 Å². The van der Waals surface area contributed by atoms with E-state index < -0.39 is 24.8 Å². The molecule has 0 unspecified atom stereocenters. The van der Waals surface area contributed by atoms with Crippen LogP contribution in [0.1, 0.15) is 22.5 Å². The molecule has 5 heterocycles. The Kier molecular flexibility index (Phi) is 13.1. The van der Waals surface area contributed by atoms with Gasteiger partial charge in [-0.1, -0.05) is 59.1 Å². The first kappa shape index (κ1) is 44.5. The number of rotatable bonds is 15. The van der Waals surface area contributed by atoms with Crippen molar-refractivity contribution in [1.29, 1.82) is 0 Å². The van der Waals surface area contributed by atoms with Gasteiger partial charge in [-0.05, 0) is 91.1 Å². The second kappa shape index (κ2) is 18.6. The summed E-state index contributed by atoms with van der Waals surface area (Å²) in [7, 11) is 2.12. The minimum Gasteiger partial charge on any atom is -0.491 e. The predicted octanol–water partition coefficient (Wildman–Crippen LogP) is 9.92. The predicted molar refractivity (Wildman–Crippen MR) is 238 cm³/mol. The Labute approximate surface area is 379 Å². The molecule has 1 aliphatic heterocycles. The Bertz CT molecular complexity index is 2810. The fraction of sp³-hybridized carbons (Fsp3) is 0.318. The molecule has 0 saturated carbocycles. The zero-order valence-electron chi connectivity index (χ0n) is 34.3. The second-order valence-corrected chi connectivity index (χ2v) is 17.3. The summed E-state index contributed by atoms with van der Waals surface area (Å²) in [5, 5.41) is 16.9. The third kappa shape index (κ3) is 9.71. The van der Waals surface area contributed by atoms with Crippen LogP contribution in [0.25, 0.3) is 37.9 Å². The number of carbonyl (C=O) groups is 1. The van der Waals surface area contributed by atoms with Crippen molar-refractivity contribution in [2.24, 2.45) is 0 Å². The number of aromatic nitrogens is 5. The van der Waals surface area contributed by atoms with Gasteiger partial charge in [0.15, 0.2) is 0 Å². The van der Waals surface area contributed by atoms with Crippen LogP contribution in [-0.4, -0.2) is 103 Å². The molecule has 330 valence electrons. The summed E-state index contributed by atoms with van der Waals surface area (Å²) in [6, 6.07) is 17.5. The van der Waals surface area contributed by atoms with Crippen LogP contribution in [0.3, 0.4) is 0 Å². The van der Waals surface area contributed by atoms with Gasteiger partial charge >= 0.3 is 12.1 Å². The zero-order chi connectivity index (χ0) is 44.6. The standard InChI is InChI=1S/C44H41Cl3F3N7O5S/c1-25-31(8-9-35(39(25)46)60-17-16-55-14-12-54(3)13-15-55)32-20-30(57-26(2)40(47)33-19-28(45)22-51-41(33)57)21-37-38(32)42(53-63-37)62-36(43(58)59)18-27-6-4-5-7-34(27)61-23-29-10-11-52-56(29)24-44(48,49)50/h4-11,19-22,36H,12-18,23-24H2,1-3H3,(H,58,59)/t36-/m1/s1. The van der Waals surface area contributed by atoms with E-state index in [2.05, 4.69) is 31.3 Å². The van der Waals surface area contributed by atoms with E-state index >= 15 is 0 Å². The molecule has 19 heteroatoms. The second-order valence-electron chi connectivity index (χ2n) is 15.3. The molecule has 7 aromatic rings. The minimum atomic E-state index is -4.48. The highest BCUT2D eigenvalue weighted by molar-refractivity contribution is 7.13. The molecule has 12 nitrogen and oxygen atoms in total. The monoisotopic (exact) mass is 941 g/mol. The number of halogens is 6. The van der Waals surface area contributed by atoms with Gasteiger partial charge in [0.2, 0.25) is 12.0 Å². The van der Waals surface area contributed by atoms with Crippen molar-refractivity contribution in [3.63, 3.8) is 0 Å². The maximum atomic E-state index is 13.2. The fourth-order valence-corrected chi connectivity index (χ4v) is 9.06. The number of pyridine rings is 1. The largest absolute Gasteiger partial charge is 0.491 e. The third-order valence-electron chi connectivity index (χ3n) is 11.0. The van der Waals surface area contributed by atoms with Gasteiger partial charge in [-0.3, -0.25) is 14.1 Å². The highest BCUT2D eigenvalue weighted by Gasteiger charge is 2.30. The molecule has 0 spiro atoms. The van der Waals surface area contributed by atoms with Crippen molar-refractivity contribution < 1.29 is 37.3 Å². The van der Waals surface area contributed by atoms with E-state index in [4.69, 9.17) is 49.0 Å². The van der Waals surface area contributed by atoms with Gasteiger partial charge in [-0.25, -0.2) is 9.78 Å². The Morgan fingerprint density at radius 3 is 2.49 bits per heavy atom. The first-order valence-corrected chi connectivity index (χ1v) is 21.8. The van der Waals surface area contributed by atoms with Gasteiger partial charge in [0, 0.05) is 68.3 Å². The Hall–Kier alpha value is -5.10. The molecular formula is C44H41Cl3F3N7O5S. The van der Waals surface area contributed by atoms with E-state index in [0.717, 1.165) is 65.8 Å². The van der Waals surface area contributed by atoms with Gasteiger partial charge in [-0.2, -0.15) is 22.6 Å². The number of piperazine rings is 1. The van der Waals surface area contributed by atoms with Crippen LogP contribution in [0.2, 0.25) is 15.1 Å². The Balaban J connectivity index is 1.14. The zero-order valence-corrected chi connectivity index (χ0v) is 37.3. The summed E-state index contributed by atoms with van der Waals surface area (Å²) in [5.41, 5.74) is 4.78.